The first-order valence-electron chi connectivity index (χ1n) is 6.26. The smallest absolute Gasteiger partial charge is 0.164 e. The molecule has 4 aromatic rings. The molecule has 0 bridgehead atoms. The number of benzene rings is 1. The third-order valence-corrected chi connectivity index (χ3v) is 3.37. The number of anilines is 1. The van der Waals surface area contributed by atoms with Crippen LogP contribution in [0.3, 0.4) is 0 Å². The Morgan fingerprint density at radius 1 is 1.00 bits per heavy atom. The van der Waals surface area contributed by atoms with Crippen LogP contribution in [0.25, 0.3) is 33.2 Å². The molecule has 0 aliphatic carbocycles. The zero-order valence-corrected chi connectivity index (χ0v) is 10.5. The fourth-order valence-corrected chi connectivity index (χ4v) is 2.39. The molecule has 0 unspecified atom stereocenters. The lowest BCUT2D eigenvalue weighted by atomic mass is 10.1. The van der Waals surface area contributed by atoms with Crippen molar-refractivity contribution < 1.29 is 0 Å². The van der Waals surface area contributed by atoms with Crippen molar-refractivity contribution in [3.8, 4) is 11.4 Å². The fourth-order valence-electron chi connectivity index (χ4n) is 2.39. The number of aromatic amines is 1. The monoisotopic (exact) mass is 261 g/mol. The Bertz CT molecular complexity index is 921. The van der Waals surface area contributed by atoms with E-state index in [-0.39, 0.29) is 0 Å². The van der Waals surface area contributed by atoms with Gasteiger partial charge in [-0.3, -0.25) is 4.98 Å². The number of aromatic nitrogens is 4. The van der Waals surface area contributed by atoms with Crippen LogP contribution in [-0.2, 0) is 0 Å². The van der Waals surface area contributed by atoms with Crippen molar-refractivity contribution in [2.24, 2.45) is 0 Å². The van der Waals surface area contributed by atoms with Gasteiger partial charge in [0.1, 0.15) is 11.5 Å². The maximum atomic E-state index is 6.00. The third-order valence-electron chi connectivity index (χ3n) is 3.37. The van der Waals surface area contributed by atoms with Gasteiger partial charge in [-0.25, -0.2) is 9.97 Å². The van der Waals surface area contributed by atoms with Crippen molar-refractivity contribution in [3.63, 3.8) is 0 Å². The van der Waals surface area contributed by atoms with E-state index in [4.69, 9.17) is 5.73 Å². The number of nitrogens with one attached hydrogen (secondary N) is 1. The van der Waals surface area contributed by atoms with Gasteiger partial charge in [-0.1, -0.05) is 18.2 Å². The van der Waals surface area contributed by atoms with Gasteiger partial charge in [0.25, 0.3) is 0 Å². The maximum absolute atomic E-state index is 6.00. The van der Waals surface area contributed by atoms with E-state index in [1.807, 2.05) is 42.7 Å². The van der Waals surface area contributed by atoms with Gasteiger partial charge in [0.2, 0.25) is 0 Å². The molecule has 1 aromatic carbocycles. The Labute approximate surface area is 114 Å². The minimum Gasteiger partial charge on any atom is -0.383 e. The van der Waals surface area contributed by atoms with Crippen molar-refractivity contribution in [3.05, 3.63) is 48.9 Å². The van der Waals surface area contributed by atoms with Gasteiger partial charge in [0.05, 0.1) is 5.39 Å². The third kappa shape index (κ3) is 1.53. The Morgan fingerprint density at radius 2 is 1.95 bits per heavy atom. The number of hydrogen-bond donors (Lipinski definition) is 2. The summed E-state index contributed by atoms with van der Waals surface area (Å²) in [6.07, 6.45) is 5.41. The van der Waals surface area contributed by atoms with Gasteiger partial charge in [0, 0.05) is 29.5 Å². The molecular formula is C15H11N5. The highest BCUT2D eigenvalue weighted by Gasteiger charge is 2.10. The zero-order valence-electron chi connectivity index (χ0n) is 10.5. The van der Waals surface area contributed by atoms with Gasteiger partial charge >= 0.3 is 0 Å². The number of nitrogens with two attached hydrogens (primary N) is 1. The van der Waals surface area contributed by atoms with E-state index in [0.717, 1.165) is 27.4 Å². The second kappa shape index (κ2) is 4.03. The summed E-state index contributed by atoms with van der Waals surface area (Å²) in [7, 11) is 0. The van der Waals surface area contributed by atoms with Crippen LogP contribution in [-0.4, -0.2) is 19.9 Å². The zero-order chi connectivity index (χ0) is 13.5. The molecule has 96 valence electrons. The van der Waals surface area contributed by atoms with Crippen molar-refractivity contribution in [1.29, 1.82) is 0 Å². The minimum atomic E-state index is 0.479. The molecular weight excluding hydrogens is 250 g/mol. The van der Waals surface area contributed by atoms with E-state index < -0.39 is 0 Å². The van der Waals surface area contributed by atoms with E-state index in [2.05, 4.69) is 19.9 Å². The summed E-state index contributed by atoms with van der Waals surface area (Å²) in [6.45, 7) is 0. The summed E-state index contributed by atoms with van der Waals surface area (Å²) in [4.78, 5) is 16.2. The second-order valence-electron chi connectivity index (χ2n) is 4.57. The molecule has 0 fully saturated rings. The molecule has 0 atom stereocenters. The lowest BCUT2D eigenvalue weighted by Gasteiger charge is -2.06. The summed E-state index contributed by atoms with van der Waals surface area (Å²) in [6, 6.07) is 9.84. The molecule has 0 aliphatic heterocycles. The highest BCUT2D eigenvalue weighted by atomic mass is 15.0. The highest BCUT2D eigenvalue weighted by molar-refractivity contribution is 5.96. The lowest BCUT2D eigenvalue weighted by molar-refractivity contribution is 1.21. The second-order valence-corrected chi connectivity index (χ2v) is 4.57. The topological polar surface area (TPSA) is 80.5 Å². The molecule has 0 aliphatic rings. The molecule has 0 saturated heterocycles. The Hall–Kier alpha value is -2.95. The molecule has 0 amide bonds. The normalized spacial score (nSPS) is 11.2. The number of hydrogen-bond acceptors (Lipinski definition) is 4. The van der Waals surface area contributed by atoms with Crippen LogP contribution in [0.5, 0.6) is 0 Å². The summed E-state index contributed by atoms with van der Waals surface area (Å²) in [5.74, 6) is 1.09. The number of nitrogens with zero attached hydrogens (tertiary/aromatic N) is 3. The van der Waals surface area contributed by atoms with Crippen LogP contribution >= 0.6 is 0 Å². The minimum absolute atomic E-state index is 0.479. The Morgan fingerprint density at radius 3 is 2.90 bits per heavy atom. The van der Waals surface area contributed by atoms with Crippen molar-refractivity contribution in [1.82, 2.24) is 19.9 Å². The fraction of sp³-hybridized carbons (Fsp3) is 0. The molecule has 0 saturated carbocycles. The van der Waals surface area contributed by atoms with E-state index >= 15 is 0 Å². The molecule has 5 nitrogen and oxygen atoms in total. The predicted octanol–water partition coefficient (Wildman–Crippen LogP) is 2.76. The van der Waals surface area contributed by atoms with Crippen molar-refractivity contribution in [2.45, 2.75) is 0 Å². The van der Waals surface area contributed by atoms with Gasteiger partial charge in [0.15, 0.2) is 5.82 Å². The first kappa shape index (κ1) is 10.9. The van der Waals surface area contributed by atoms with Crippen LogP contribution < -0.4 is 5.73 Å². The van der Waals surface area contributed by atoms with Crippen LogP contribution in [0.1, 0.15) is 0 Å². The van der Waals surface area contributed by atoms with Gasteiger partial charge in [-0.05, 0) is 17.5 Å². The average molecular weight is 261 g/mol. The summed E-state index contributed by atoms with van der Waals surface area (Å²) < 4.78 is 0. The largest absolute Gasteiger partial charge is 0.383 e. The molecule has 5 heteroatoms. The Balaban J connectivity index is 2.06. The first-order valence-corrected chi connectivity index (χ1v) is 6.26. The highest BCUT2D eigenvalue weighted by Crippen LogP contribution is 2.28. The molecule has 3 heterocycles. The maximum Gasteiger partial charge on any atom is 0.164 e. The summed E-state index contributed by atoms with van der Waals surface area (Å²) >= 11 is 0. The predicted molar refractivity (Wildman–Crippen MR) is 79.0 cm³/mol. The number of nitrogen functional groups attached to an aromatic ring is 1. The van der Waals surface area contributed by atoms with Gasteiger partial charge in [-0.2, -0.15) is 0 Å². The van der Waals surface area contributed by atoms with E-state index in [1.54, 1.807) is 6.20 Å². The molecule has 3 aromatic heterocycles. The van der Waals surface area contributed by atoms with Crippen LogP contribution in [0, 0.1) is 0 Å². The molecule has 4 rings (SSSR count). The number of pyridine rings is 1. The number of H-pyrrole nitrogens is 1. The molecule has 20 heavy (non-hydrogen) atoms. The summed E-state index contributed by atoms with van der Waals surface area (Å²) in [5, 5.41) is 2.96. The van der Waals surface area contributed by atoms with Crippen LogP contribution in [0.2, 0.25) is 0 Å². The van der Waals surface area contributed by atoms with Crippen LogP contribution in [0.4, 0.5) is 5.82 Å². The lowest BCUT2D eigenvalue weighted by Crippen LogP contribution is -1.97. The van der Waals surface area contributed by atoms with Crippen LogP contribution in [0.15, 0.2) is 48.9 Å². The van der Waals surface area contributed by atoms with Crippen molar-refractivity contribution in [2.75, 3.05) is 5.73 Å². The standard InChI is InChI=1S/C15H11N5/c16-13-11-5-7-18-14(11)20-15(19-13)10-3-1-2-9-4-6-17-8-12(9)10/h1-8H,(H3,16,18,19,20). The van der Waals surface area contributed by atoms with Gasteiger partial charge in [-0.15, -0.1) is 0 Å². The van der Waals surface area contributed by atoms with Crippen molar-refractivity contribution >= 4 is 27.6 Å². The quantitative estimate of drug-likeness (QED) is 0.552. The first-order chi connectivity index (χ1) is 9.83. The average Bonchev–Trinajstić information content (AvgIpc) is 2.95. The Kier molecular flexibility index (Phi) is 2.20. The SMILES string of the molecule is Nc1nc(-c2cccc3ccncc23)nc2[nH]ccc12. The van der Waals surface area contributed by atoms with E-state index in [9.17, 15) is 0 Å². The van der Waals surface area contributed by atoms with E-state index in [0.29, 0.717) is 11.6 Å². The number of fused-ring (bicyclic) bond motifs is 2. The van der Waals surface area contributed by atoms with Gasteiger partial charge < -0.3 is 10.7 Å². The van der Waals surface area contributed by atoms with E-state index in [1.165, 1.54) is 0 Å². The molecule has 0 spiro atoms. The molecule has 0 radical (unpaired) electrons. The summed E-state index contributed by atoms with van der Waals surface area (Å²) in [5.41, 5.74) is 7.67. The number of rotatable bonds is 1. The molecule has 3 N–H and O–H groups in total.